The fourth-order valence-electron chi connectivity index (χ4n) is 2.43. The summed E-state index contributed by atoms with van der Waals surface area (Å²) in [6, 6.07) is 14.8. The van der Waals surface area contributed by atoms with E-state index in [1.165, 1.54) is 0 Å². The molecule has 0 aromatic heterocycles. The van der Waals surface area contributed by atoms with Crippen LogP contribution >= 0.6 is 23.2 Å². The second kappa shape index (κ2) is 11.5. The van der Waals surface area contributed by atoms with Crippen LogP contribution in [0.4, 0.5) is 0 Å². The molecule has 0 radical (unpaired) electrons. The second-order valence-corrected chi connectivity index (χ2v) is 6.65. The Labute approximate surface area is 170 Å². The van der Waals surface area contributed by atoms with Crippen molar-refractivity contribution in [3.05, 3.63) is 69.7 Å². The molecule has 0 saturated heterocycles. The predicted octanol–water partition coefficient (Wildman–Crippen LogP) is 3.52. The number of nitrogens with one attached hydrogen (secondary N) is 3. The van der Waals surface area contributed by atoms with Crippen molar-refractivity contribution in [3.8, 4) is 0 Å². The minimum atomic E-state index is -0.190. The van der Waals surface area contributed by atoms with Crippen LogP contribution in [-0.2, 0) is 6.42 Å². The molecule has 1 amide bonds. The third-order valence-electron chi connectivity index (χ3n) is 3.73. The van der Waals surface area contributed by atoms with E-state index < -0.39 is 0 Å². The lowest BCUT2D eigenvalue weighted by atomic mass is 10.1. The number of aliphatic imine (C=N–C) groups is 1. The summed E-state index contributed by atoms with van der Waals surface area (Å²) < 4.78 is 0. The highest BCUT2D eigenvalue weighted by Gasteiger charge is 2.08. The van der Waals surface area contributed by atoms with Gasteiger partial charge in [0.05, 0.1) is 10.6 Å². The minimum Gasteiger partial charge on any atom is -0.357 e. The van der Waals surface area contributed by atoms with E-state index in [2.05, 4.69) is 20.9 Å². The molecule has 0 heterocycles. The average molecular weight is 407 g/mol. The summed E-state index contributed by atoms with van der Waals surface area (Å²) in [6.45, 7) is 4.42. The monoisotopic (exact) mass is 406 g/mol. The van der Waals surface area contributed by atoms with Crippen LogP contribution in [0.1, 0.15) is 22.8 Å². The highest BCUT2D eigenvalue weighted by Crippen LogP contribution is 2.14. The molecule has 2 aromatic rings. The van der Waals surface area contributed by atoms with Crippen molar-refractivity contribution < 1.29 is 4.79 Å². The SMILES string of the molecule is CCNC(=NCCc1cccc(Cl)c1)NCCNC(=O)c1ccccc1Cl. The van der Waals surface area contributed by atoms with Gasteiger partial charge in [-0.05, 0) is 43.2 Å². The zero-order valence-electron chi connectivity index (χ0n) is 15.3. The molecular formula is C20H24Cl2N4O. The van der Waals surface area contributed by atoms with E-state index in [1.54, 1.807) is 24.3 Å². The number of benzene rings is 2. The fraction of sp³-hybridized carbons (Fsp3) is 0.300. The van der Waals surface area contributed by atoms with Crippen LogP contribution in [0.15, 0.2) is 53.5 Å². The van der Waals surface area contributed by atoms with Crippen LogP contribution in [-0.4, -0.2) is 38.0 Å². The first-order valence-electron chi connectivity index (χ1n) is 8.89. The van der Waals surface area contributed by atoms with Crippen molar-refractivity contribution in [3.63, 3.8) is 0 Å². The van der Waals surface area contributed by atoms with Gasteiger partial charge in [-0.15, -0.1) is 0 Å². The summed E-state index contributed by atoms with van der Waals surface area (Å²) in [4.78, 5) is 16.7. The highest BCUT2D eigenvalue weighted by molar-refractivity contribution is 6.33. The molecule has 0 aliphatic rings. The maximum Gasteiger partial charge on any atom is 0.252 e. The quantitative estimate of drug-likeness (QED) is 0.357. The number of carbonyl (C=O) groups is 1. The number of hydrogen-bond acceptors (Lipinski definition) is 2. The van der Waals surface area contributed by atoms with E-state index in [0.717, 1.165) is 23.6 Å². The Morgan fingerprint density at radius 2 is 1.78 bits per heavy atom. The largest absolute Gasteiger partial charge is 0.357 e. The van der Waals surface area contributed by atoms with Crippen molar-refractivity contribution in [1.29, 1.82) is 0 Å². The van der Waals surface area contributed by atoms with Gasteiger partial charge in [0, 0.05) is 31.2 Å². The maximum atomic E-state index is 12.1. The molecule has 0 aliphatic carbocycles. The highest BCUT2D eigenvalue weighted by atomic mass is 35.5. The first-order valence-corrected chi connectivity index (χ1v) is 9.65. The van der Waals surface area contributed by atoms with Gasteiger partial charge in [0.15, 0.2) is 5.96 Å². The number of carbonyl (C=O) groups excluding carboxylic acids is 1. The second-order valence-electron chi connectivity index (χ2n) is 5.80. The summed E-state index contributed by atoms with van der Waals surface area (Å²) in [5.74, 6) is 0.525. The minimum absolute atomic E-state index is 0.190. The molecular weight excluding hydrogens is 383 g/mol. The molecule has 0 spiro atoms. The molecule has 144 valence electrons. The Bertz CT molecular complexity index is 780. The van der Waals surface area contributed by atoms with Crippen LogP contribution in [0.2, 0.25) is 10.0 Å². The lowest BCUT2D eigenvalue weighted by Crippen LogP contribution is -2.41. The Morgan fingerprint density at radius 3 is 2.52 bits per heavy atom. The summed E-state index contributed by atoms with van der Waals surface area (Å²) >= 11 is 12.0. The number of guanidine groups is 1. The third-order valence-corrected chi connectivity index (χ3v) is 4.29. The van der Waals surface area contributed by atoms with Gasteiger partial charge >= 0.3 is 0 Å². The van der Waals surface area contributed by atoms with Gasteiger partial charge < -0.3 is 16.0 Å². The van der Waals surface area contributed by atoms with Gasteiger partial charge in [-0.3, -0.25) is 9.79 Å². The number of nitrogens with zero attached hydrogens (tertiary/aromatic N) is 1. The van der Waals surface area contributed by atoms with E-state index in [-0.39, 0.29) is 5.91 Å². The van der Waals surface area contributed by atoms with E-state index >= 15 is 0 Å². The van der Waals surface area contributed by atoms with Crippen LogP contribution in [0.5, 0.6) is 0 Å². The Kier molecular flexibility index (Phi) is 8.95. The molecule has 0 aliphatic heterocycles. The van der Waals surface area contributed by atoms with E-state index in [1.807, 2.05) is 31.2 Å². The van der Waals surface area contributed by atoms with E-state index in [9.17, 15) is 4.79 Å². The molecule has 0 saturated carbocycles. The van der Waals surface area contributed by atoms with Crippen molar-refractivity contribution >= 4 is 35.1 Å². The molecule has 0 bridgehead atoms. The zero-order valence-corrected chi connectivity index (χ0v) is 16.8. The molecule has 0 atom stereocenters. The van der Waals surface area contributed by atoms with Crippen molar-refractivity contribution in [2.45, 2.75) is 13.3 Å². The van der Waals surface area contributed by atoms with Gasteiger partial charge in [-0.25, -0.2) is 0 Å². The Hall–Kier alpha value is -2.24. The Morgan fingerprint density at radius 1 is 1.00 bits per heavy atom. The zero-order chi connectivity index (χ0) is 19.5. The fourth-order valence-corrected chi connectivity index (χ4v) is 2.86. The predicted molar refractivity (Wildman–Crippen MR) is 113 cm³/mol. The third kappa shape index (κ3) is 7.49. The summed E-state index contributed by atoms with van der Waals surface area (Å²) in [6.07, 6.45) is 0.806. The van der Waals surface area contributed by atoms with E-state index in [0.29, 0.717) is 36.2 Å². The van der Waals surface area contributed by atoms with Crippen LogP contribution in [0.3, 0.4) is 0 Å². The standard InChI is InChI=1S/C20H24Cl2N4O/c1-2-23-20(25-11-10-15-6-5-7-16(21)14-15)26-13-12-24-19(27)17-8-3-4-9-18(17)22/h3-9,14H,2,10-13H2,1H3,(H,24,27)(H2,23,25,26). The molecule has 5 nitrogen and oxygen atoms in total. The smallest absolute Gasteiger partial charge is 0.252 e. The number of amides is 1. The lowest BCUT2D eigenvalue weighted by molar-refractivity contribution is 0.0954. The summed E-state index contributed by atoms with van der Waals surface area (Å²) in [5.41, 5.74) is 1.62. The lowest BCUT2D eigenvalue weighted by Gasteiger charge is -2.12. The molecule has 27 heavy (non-hydrogen) atoms. The number of halogens is 2. The molecule has 0 fully saturated rings. The van der Waals surface area contributed by atoms with Crippen molar-refractivity contribution in [2.24, 2.45) is 4.99 Å². The van der Waals surface area contributed by atoms with Crippen molar-refractivity contribution in [1.82, 2.24) is 16.0 Å². The van der Waals surface area contributed by atoms with Gasteiger partial charge in [0.25, 0.3) is 5.91 Å². The van der Waals surface area contributed by atoms with E-state index in [4.69, 9.17) is 23.2 Å². The molecule has 3 N–H and O–H groups in total. The van der Waals surface area contributed by atoms with Gasteiger partial charge in [0.1, 0.15) is 0 Å². The van der Waals surface area contributed by atoms with Gasteiger partial charge in [-0.2, -0.15) is 0 Å². The molecule has 2 aromatic carbocycles. The summed E-state index contributed by atoms with van der Waals surface area (Å²) in [7, 11) is 0. The first-order chi connectivity index (χ1) is 13.1. The molecule has 2 rings (SSSR count). The van der Waals surface area contributed by atoms with Crippen LogP contribution in [0.25, 0.3) is 0 Å². The Balaban J connectivity index is 1.76. The number of rotatable bonds is 8. The van der Waals surface area contributed by atoms with Crippen LogP contribution in [0, 0.1) is 0 Å². The van der Waals surface area contributed by atoms with Crippen LogP contribution < -0.4 is 16.0 Å². The topological polar surface area (TPSA) is 65.5 Å². The molecule has 0 unspecified atom stereocenters. The maximum absolute atomic E-state index is 12.1. The first kappa shape index (κ1) is 21.1. The number of hydrogen-bond donors (Lipinski definition) is 3. The van der Waals surface area contributed by atoms with Gasteiger partial charge in [-0.1, -0.05) is 47.5 Å². The summed E-state index contributed by atoms with van der Waals surface area (Å²) in [5, 5.41) is 10.4. The van der Waals surface area contributed by atoms with Gasteiger partial charge in [0.2, 0.25) is 0 Å². The average Bonchev–Trinajstić information content (AvgIpc) is 2.65. The normalized spacial score (nSPS) is 11.1. The van der Waals surface area contributed by atoms with Crippen molar-refractivity contribution in [2.75, 3.05) is 26.2 Å². The molecule has 7 heteroatoms.